The molecule has 0 heterocycles. The Hall–Kier alpha value is -0.0400. The van der Waals surface area contributed by atoms with Crippen molar-refractivity contribution >= 4 is 0 Å². The molecule has 2 aliphatic rings. The van der Waals surface area contributed by atoms with Gasteiger partial charge in [0.1, 0.15) is 0 Å². The average Bonchev–Trinajstić information content (AvgIpc) is 2.60. The zero-order chi connectivity index (χ0) is 19.9. The quantitative estimate of drug-likeness (QED) is 0.528. The fraction of sp³-hybridized carbons (Fsp3) is 1.00. The molecule has 160 valence electrons. The van der Waals surface area contributed by atoms with Crippen molar-refractivity contribution < 1.29 is 0 Å². The monoisotopic (exact) mass is 377 g/mol. The van der Waals surface area contributed by atoms with Gasteiger partial charge in [0.2, 0.25) is 0 Å². The standard InChI is InChI=1S/C26H51N/c1-20(2)26(16-11-7-6-8-14-25(26)27)17-15-24-19-22(4)13-10-9-12-21(3)18-23(24)5/h20-25H,6-19,27H2,1-5H3/t21?,22?,23?,24-,25+,26?/m1/s1. The van der Waals surface area contributed by atoms with E-state index in [4.69, 9.17) is 5.73 Å². The molecule has 2 saturated carbocycles. The van der Waals surface area contributed by atoms with Gasteiger partial charge in [0, 0.05) is 6.04 Å². The second kappa shape index (κ2) is 11.2. The highest BCUT2D eigenvalue weighted by atomic mass is 14.7. The van der Waals surface area contributed by atoms with Crippen LogP contribution in [0.4, 0.5) is 0 Å². The van der Waals surface area contributed by atoms with Crippen LogP contribution in [0, 0.1) is 35.0 Å². The molecule has 2 rings (SSSR count). The van der Waals surface area contributed by atoms with Crippen molar-refractivity contribution in [3.05, 3.63) is 0 Å². The summed E-state index contributed by atoms with van der Waals surface area (Å²) in [5, 5.41) is 0. The normalized spacial score (nSPS) is 40.3. The van der Waals surface area contributed by atoms with Gasteiger partial charge in [-0.15, -0.1) is 0 Å². The number of nitrogens with two attached hydrogens (primary N) is 1. The fourth-order valence-electron chi connectivity index (χ4n) is 6.61. The topological polar surface area (TPSA) is 26.0 Å². The molecule has 0 saturated heterocycles. The van der Waals surface area contributed by atoms with Crippen LogP contribution in [0.2, 0.25) is 0 Å². The van der Waals surface area contributed by atoms with Gasteiger partial charge in [-0.25, -0.2) is 0 Å². The molecule has 0 aromatic carbocycles. The predicted octanol–water partition coefficient (Wildman–Crippen LogP) is 7.97. The second-order valence-corrected chi connectivity index (χ2v) is 11.2. The highest BCUT2D eigenvalue weighted by Crippen LogP contribution is 2.46. The SMILES string of the molecule is CC1CCCCC(C)C[C@@H](CCC2(C(C)C)CCCCCC[C@@H]2N)C(C)C1. The smallest absolute Gasteiger partial charge is 0.00980 e. The van der Waals surface area contributed by atoms with E-state index in [0.29, 0.717) is 11.5 Å². The van der Waals surface area contributed by atoms with Crippen molar-refractivity contribution in [2.45, 2.75) is 131 Å². The molecule has 1 heteroatoms. The Morgan fingerprint density at radius 2 is 1.41 bits per heavy atom. The summed E-state index contributed by atoms with van der Waals surface area (Å²) in [5.74, 6) is 4.34. The van der Waals surface area contributed by atoms with Gasteiger partial charge in [-0.1, -0.05) is 86.0 Å². The molecule has 2 fully saturated rings. The number of hydrogen-bond acceptors (Lipinski definition) is 1. The van der Waals surface area contributed by atoms with Crippen molar-refractivity contribution in [1.82, 2.24) is 0 Å². The molecule has 1 nitrogen and oxygen atoms in total. The van der Waals surface area contributed by atoms with Crippen molar-refractivity contribution in [2.24, 2.45) is 40.7 Å². The molecule has 0 bridgehead atoms. The average molecular weight is 378 g/mol. The van der Waals surface area contributed by atoms with Crippen molar-refractivity contribution in [2.75, 3.05) is 0 Å². The Labute approximate surface area is 171 Å². The van der Waals surface area contributed by atoms with Crippen LogP contribution in [0.15, 0.2) is 0 Å². The fourth-order valence-corrected chi connectivity index (χ4v) is 6.61. The van der Waals surface area contributed by atoms with Gasteiger partial charge in [-0.05, 0) is 73.5 Å². The summed E-state index contributed by atoms with van der Waals surface area (Å²) in [6, 6.07) is 0.420. The minimum atomic E-state index is 0.393. The number of rotatable bonds is 4. The minimum Gasteiger partial charge on any atom is -0.327 e. The molecule has 2 N–H and O–H groups in total. The van der Waals surface area contributed by atoms with Crippen molar-refractivity contribution in [3.8, 4) is 0 Å². The molecule has 0 amide bonds. The number of hydrogen-bond donors (Lipinski definition) is 1. The highest BCUT2D eigenvalue weighted by Gasteiger charge is 2.40. The van der Waals surface area contributed by atoms with Gasteiger partial charge < -0.3 is 5.73 Å². The van der Waals surface area contributed by atoms with Crippen LogP contribution in [-0.2, 0) is 0 Å². The molecule has 0 aromatic rings. The van der Waals surface area contributed by atoms with Crippen LogP contribution in [-0.4, -0.2) is 6.04 Å². The zero-order valence-corrected chi connectivity index (χ0v) is 19.4. The van der Waals surface area contributed by atoms with Crippen LogP contribution in [0.1, 0.15) is 125 Å². The summed E-state index contributed by atoms with van der Waals surface area (Å²) in [7, 11) is 0. The van der Waals surface area contributed by atoms with Crippen LogP contribution in [0.25, 0.3) is 0 Å². The summed E-state index contributed by atoms with van der Waals surface area (Å²) in [5.41, 5.74) is 7.28. The maximum Gasteiger partial charge on any atom is 0.00980 e. The molecule has 2 aliphatic carbocycles. The van der Waals surface area contributed by atoms with E-state index in [-0.39, 0.29) is 0 Å². The molecule has 6 atom stereocenters. The molecular formula is C26H51N. The second-order valence-electron chi connectivity index (χ2n) is 11.2. The lowest BCUT2D eigenvalue weighted by molar-refractivity contribution is 0.0738. The first-order valence-corrected chi connectivity index (χ1v) is 12.6. The van der Waals surface area contributed by atoms with E-state index in [0.717, 1.165) is 29.6 Å². The predicted molar refractivity (Wildman–Crippen MR) is 121 cm³/mol. The van der Waals surface area contributed by atoms with Gasteiger partial charge in [0.05, 0.1) is 0 Å². The molecule has 0 aliphatic heterocycles. The van der Waals surface area contributed by atoms with Crippen LogP contribution in [0.3, 0.4) is 0 Å². The Kier molecular flexibility index (Phi) is 9.66. The first kappa shape index (κ1) is 23.2. The van der Waals surface area contributed by atoms with Crippen LogP contribution >= 0.6 is 0 Å². The molecule has 27 heavy (non-hydrogen) atoms. The van der Waals surface area contributed by atoms with E-state index in [2.05, 4.69) is 34.6 Å². The maximum absolute atomic E-state index is 6.89. The highest BCUT2D eigenvalue weighted by molar-refractivity contribution is 4.93. The molecule has 0 radical (unpaired) electrons. The Morgan fingerprint density at radius 3 is 2.07 bits per heavy atom. The maximum atomic E-state index is 6.89. The van der Waals surface area contributed by atoms with Gasteiger partial charge in [0.25, 0.3) is 0 Å². The minimum absolute atomic E-state index is 0.393. The summed E-state index contributed by atoms with van der Waals surface area (Å²) in [6.07, 6.45) is 19.7. The Morgan fingerprint density at radius 1 is 0.815 bits per heavy atom. The van der Waals surface area contributed by atoms with E-state index < -0.39 is 0 Å². The molecule has 0 spiro atoms. The first-order chi connectivity index (χ1) is 12.8. The van der Waals surface area contributed by atoms with E-state index in [1.54, 1.807) is 0 Å². The van der Waals surface area contributed by atoms with Crippen molar-refractivity contribution in [3.63, 3.8) is 0 Å². The summed E-state index contributed by atoms with van der Waals surface area (Å²) in [4.78, 5) is 0. The van der Waals surface area contributed by atoms with Gasteiger partial charge in [-0.3, -0.25) is 0 Å². The molecular weight excluding hydrogens is 326 g/mol. The van der Waals surface area contributed by atoms with Crippen LogP contribution in [0.5, 0.6) is 0 Å². The third-order valence-electron chi connectivity index (χ3n) is 8.70. The van der Waals surface area contributed by atoms with Gasteiger partial charge >= 0.3 is 0 Å². The molecule has 4 unspecified atom stereocenters. The van der Waals surface area contributed by atoms with Gasteiger partial charge in [0.15, 0.2) is 0 Å². The lowest BCUT2D eigenvalue weighted by Gasteiger charge is -2.45. The molecule has 0 aromatic heterocycles. The lowest BCUT2D eigenvalue weighted by Crippen LogP contribution is -2.46. The summed E-state index contributed by atoms with van der Waals surface area (Å²) < 4.78 is 0. The first-order valence-electron chi connectivity index (χ1n) is 12.6. The third-order valence-corrected chi connectivity index (χ3v) is 8.70. The lowest BCUT2D eigenvalue weighted by atomic mass is 9.62. The Bertz CT molecular complexity index is 403. The zero-order valence-electron chi connectivity index (χ0n) is 19.4. The van der Waals surface area contributed by atoms with E-state index in [1.807, 2.05) is 0 Å². The van der Waals surface area contributed by atoms with Crippen molar-refractivity contribution in [1.29, 1.82) is 0 Å². The van der Waals surface area contributed by atoms with Crippen LogP contribution < -0.4 is 5.73 Å². The summed E-state index contributed by atoms with van der Waals surface area (Å²) >= 11 is 0. The van der Waals surface area contributed by atoms with E-state index in [9.17, 15) is 0 Å². The summed E-state index contributed by atoms with van der Waals surface area (Å²) in [6.45, 7) is 12.5. The Balaban J connectivity index is 2.09. The van der Waals surface area contributed by atoms with E-state index >= 15 is 0 Å². The third kappa shape index (κ3) is 6.76. The van der Waals surface area contributed by atoms with Gasteiger partial charge in [-0.2, -0.15) is 0 Å². The largest absolute Gasteiger partial charge is 0.327 e. The van der Waals surface area contributed by atoms with E-state index in [1.165, 1.54) is 89.9 Å².